The van der Waals surface area contributed by atoms with Crippen molar-refractivity contribution in [1.82, 2.24) is 19.5 Å². The molecular weight excluding hydrogens is 262 g/mol. The van der Waals surface area contributed by atoms with Crippen LogP contribution in [0.5, 0.6) is 0 Å². The van der Waals surface area contributed by atoms with Gasteiger partial charge in [-0.05, 0) is 6.07 Å². The van der Waals surface area contributed by atoms with Crippen molar-refractivity contribution >= 4 is 5.82 Å². The van der Waals surface area contributed by atoms with E-state index in [1.165, 1.54) is 0 Å². The molecule has 0 bridgehead atoms. The number of benzene rings is 1. The minimum Gasteiger partial charge on any atom is -0.352 e. The highest BCUT2D eigenvalue weighted by molar-refractivity contribution is 5.57. The Morgan fingerprint density at radius 1 is 1.00 bits per heavy atom. The molecule has 1 fully saturated rings. The van der Waals surface area contributed by atoms with Gasteiger partial charge in [-0.1, -0.05) is 30.3 Å². The Labute approximate surface area is 122 Å². The third kappa shape index (κ3) is 2.27. The van der Waals surface area contributed by atoms with Crippen LogP contribution in [0.15, 0.2) is 61.3 Å². The summed E-state index contributed by atoms with van der Waals surface area (Å²) in [7, 11) is 0. The van der Waals surface area contributed by atoms with E-state index in [0.29, 0.717) is 6.04 Å². The lowest BCUT2D eigenvalue weighted by Crippen LogP contribution is -2.47. The third-order valence-electron chi connectivity index (χ3n) is 3.81. The molecule has 1 aromatic carbocycles. The van der Waals surface area contributed by atoms with Gasteiger partial charge in [0.25, 0.3) is 0 Å². The first-order valence-electron chi connectivity index (χ1n) is 7.01. The molecule has 5 nitrogen and oxygen atoms in total. The van der Waals surface area contributed by atoms with Crippen LogP contribution in [0.25, 0.3) is 11.4 Å². The maximum atomic E-state index is 4.67. The Balaban J connectivity index is 1.52. The fourth-order valence-corrected chi connectivity index (χ4v) is 2.57. The molecule has 1 saturated heterocycles. The SMILES string of the molecule is c1ccc(-c2nccc(N3CC(n4ccnc4)C3)n2)cc1. The standard InChI is InChI=1S/C16H15N5/c1-2-4-13(5-3-1)16-18-7-6-15(19-16)21-10-14(11-21)20-9-8-17-12-20/h1-9,12,14H,10-11H2. The van der Waals surface area contributed by atoms with E-state index in [1.54, 1.807) is 0 Å². The van der Waals surface area contributed by atoms with Gasteiger partial charge in [0.1, 0.15) is 5.82 Å². The molecule has 0 N–H and O–H groups in total. The summed E-state index contributed by atoms with van der Waals surface area (Å²) < 4.78 is 2.15. The van der Waals surface area contributed by atoms with Crippen LogP contribution in [-0.4, -0.2) is 32.6 Å². The highest BCUT2D eigenvalue weighted by Gasteiger charge is 2.28. The van der Waals surface area contributed by atoms with Crippen molar-refractivity contribution in [2.24, 2.45) is 0 Å². The molecule has 0 unspecified atom stereocenters. The lowest BCUT2D eigenvalue weighted by Gasteiger charge is -2.40. The van der Waals surface area contributed by atoms with E-state index in [0.717, 1.165) is 30.3 Å². The van der Waals surface area contributed by atoms with Crippen LogP contribution >= 0.6 is 0 Å². The summed E-state index contributed by atoms with van der Waals surface area (Å²) >= 11 is 0. The smallest absolute Gasteiger partial charge is 0.161 e. The Hall–Kier alpha value is -2.69. The van der Waals surface area contributed by atoms with Gasteiger partial charge in [-0.25, -0.2) is 15.0 Å². The maximum absolute atomic E-state index is 4.67. The normalized spacial score (nSPS) is 15.0. The fraction of sp³-hybridized carbons (Fsp3) is 0.188. The number of hydrogen-bond donors (Lipinski definition) is 0. The largest absolute Gasteiger partial charge is 0.352 e. The molecule has 0 radical (unpaired) electrons. The molecule has 4 rings (SSSR count). The van der Waals surface area contributed by atoms with Gasteiger partial charge in [0.05, 0.1) is 12.4 Å². The number of rotatable bonds is 3. The summed E-state index contributed by atoms with van der Waals surface area (Å²) in [6.07, 6.45) is 7.53. The minimum absolute atomic E-state index is 0.489. The van der Waals surface area contributed by atoms with Crippen molar-refractivity contribution in [2.75, 3.05) is 18.0 Å². The molecule has 0 amide bonds. The summed E-state index contributed by atoms with van der Waals surface area (Å²) in [4.78, 5) is 15.4. The molecule has 0 spiro atoms. The van der Waals surface area contributed by atoms with Crippen LogP contribution in [0.4, 0.5) is 5.82 Å². The summed E-state index contributed by atoms with van der Waals surface area (Å²) in [6, 6.07) is 12.5. The first kappa shape index (κ1) is 12.1. The average molecular weight is 277 g/mol. The molecule has 104 valence electrons. The van der Waals surface area contributed by atoms with E-state index in [9.17, 15) is 0 Å². The number of imidazole rings is 1. The third-order valence-corrected chi connectivity index (χ3v) is 3.81. The van der Waals surface area contributed by atoms with Gasteiger partial charge in [-0.15, -0.1) is 0 Å². The number of anilines is 1. The quantitative estimate of drug-likeness (QED) is 0.737. The van der Waals surface area contributed by atoms with Gasteiger partial charge in [-0.3, -0.25) is 0 Å². The van der Waals surface area contributed by atoms with Crippen molar-refractivity contribution in [2.45, 2.75) is 6.04 Å². The summed E-state index contributed by atoms with van der Waals surface area (Å²) in [6.45, 7) is 1.92. The first-order chi connectivity index (χ1) is 10.4. The summed E-state index contributed by atoms with van der Waals surface area (Å²) in [5, 5.41) is 0. The monoisotopic (exact) mass is 277 g/mol. The molecule has 21 heavy (non-hydrogen) atoms. The molecule has 0 saturated carbocycles. The van der Waals surface area contributed by atoms with Gasteiger partial charge in [-0.2, -0.15) is 0 Å². The van der Waals surface area contributed by atoms with Crippen LogP contribution in [-0.2, 0) is 0 Å². The van der Waals surface area contributed by atoms with Crippen molar-refractivity contribution < 1.29 is 0 Å². The van der Waals surface area contributed by atoms with Crippen LogP contribution in [0.3, 0.4) is 0 Å². The predicted octanol–water partition coefficient (Wildman–Crippen LogP) is 2.40. The maximum Gasteiger partial charge on any atom is 0.161 e. The number of aromatic nitrogens is 4. The van der Waals surface area contributed by atoms with E-state index in [-0.39, 0.29) is 0 Å². The Morgan fingerprint density at radius 3 is 2.62 bits per heavy atom. The van der Waals surface area contributed by atoms with E-state index in [4.69, 9.17) is 0 Å². The Morgan fingerprint density at radius 2 is 1.86 bits per heavy atom. The Kier molecular flexibility index (Phi) is 2.88. The molecule has 3 heterocycles. The van der Waals surface area contributed by atoms with Crippen molar-refractivity contribution in [3.63, 3.8) is 0 Å². The van der Waals surface area contributed by atoms with Gasteiger partial charge in [0.2, 0.25) is 0 Å². The fourth-order valence-electron chi connectivity index (χ4n) is 2.57. The molecule has 1 aliphatic rings. The van der Waals surface area contributed by atoms with Crippen LogP contribution < -0.4 is 4.90 Å². The highest BCUT2D eigenvalue weighted by atomic mass is 15.3. The molecule has 3 aromatic rings. The second-order valence-electron chi connectivity index (χ2n) is 5.17. The zero-order chi connectivity index (χ0) is 14.1. The topological polar surface area (TPSA) is 46.8 Å². The van der Waals surface area contributed by atoms with E-state index in [2.05, 4.69) is 24.4 Å². The van der Waals surface area contributed by atoms with Gasteiger partial charge in [0, 0.05) is 37.2 Å². The lowest BCUT2D eigenvalue weighted by molar-refractivity contribution is 0.397. The lowest BCUT2D eigenvalue weighted by atomic mass is 10.1. The predicted molar refractivity (Wildman–Crippen MR) is 80.9 cm³/mol. The van der Waals surface area contributed by atoms with Gasteiger partial charge < -0.3 is 9.47 Å². The molecule has 0 aliphatic carbocycles. The van der Waals surface area contributed by atoms with Crippen LogP contribution in [0.1, 0.15) is 6.04 Å². The van der Waals surface area contributed by atoms with Crippen molar-refractivity contribution in [1.29, 1.82) is 0 Å². The van der Waals surface area contributed by atoms with E-state index in [1.807, 2.05) is 61.3 Å². The van der Waals surface area contributed by atoms with Crippen molar-refractivity contribution in [3.8, 4) is 11.4 Å². The molecule has 2 aromatic heterocycles. The number of hydrogen-bond acceptors (Lipinski definition) is 4. The second kappa shape index (κ2) is 5.01. The van der Waals surface area contributed by atoms with E-state index < -0.39 is 0 Å². The minimum atomic E-state index is 0.489. The van der Waals surface area contributed by atoms with Crippen LogP contribution in [0.2, 0.25) is 0 Å². The summed E-state index contributed by atoms with van der Waals surface area (Å²) in [5.41, 5.74) is 1.05. The molecule has 1 aliphatic heterocycles. The zero-order valence-corrected chi connectivity index (χ0v) is 11.5. The molecule has 0 atom stereocenters. The second-order valence-corrected chi connectivity index (χ2v) is 5.17. The van der Waals surface area contributed by atoms with E-state index >= 15 is 0 Å². The van der Waals surface area contributed by atoms with Gasteiger partial charge >= 0.3 is 0 Å². The molecular formula is C16H15N5. The zero-order valence-electron chi connectivity index (χ0n) is 11.5. The van der Waals surface area contributed by atoms with Crippen molar-refractivity contribution in [3.05, 3.63) is 61.3 Å². The van der Waals surface area contributed by atoms with Crippen LogP contribution in [0, 0.1) is 0 Å². The Bertz CT molecular complexity index is 717. The average Bonchev–Trinajstić information content (AvgIpc) is 3.01. The highest BCUT2D eigenvalue weighted by Crippen LogP contribution is 2.27. The first-order valence-corrected chi connectivity index (χ1v) is 7.01. The number of nitrogens with zero attached hydrogens (tertiary/aromatic N) is 5. The summed E-state index contributed by atoms with van der Waals surface area (Å²) in [5.74, 6) is 1.76. The van der Waals surface area contributed by atoms with Gasteiger partial charge in [0.15, 0.2) is 5.82 Å². The molecule has 5 heteroatoms.